The summed E-state index contributed by atoms with van der Waals surface area (Å²) in [5.74, 6) is 3.97. The minimum Gasteiger partial charge on any atom is -0.466 e. The van der Waals surface area contributed by atoms with E-state index in [4.69, 9.17) is 4.74 Å². The summed E-state index contributed by atoms with van der Waals surface area (Å²) in [6.07, 6.45) is 9.33. The van der Waals surface area contributed by atoms with Crippen molar-refractivity contribution in [3.05, 3.63) is 11.6 Å². The van der Waals surface area contributed by atoms with Crippen LogP contribution >= 0.6 is 0 Å². The molecule has 4 saturated carbocycles. The van der Waals surface area contributed by atoms with Crippen LogP contribution < -0.4 is 0 Å². The largest absolute Gasteiger partial charge is 0.466 e. The van der Waals surface area contributed by atoms with Gasteiger partial charge in [0.05, 0.1) is 7.11 Å². The minimum absolute atomic E-state index is 0.154. The fourth-order valence-electron chi connectivity index (χ4n) is 5.94. The first-order valence-corrected chi connectivity index (χ1v) is 8.25. The molecule has 4 rings (SSSR count). The van der Waals surface area contributed by atoms with Gasteiger partial charge in [0.15, 0.2) is 0 Å². The normalized spacial score (nSPS) is 43.1. The van der Waals surface area contributed by atoms with Crippen molar-refractivity contribution in [1.82, 2.24) is 0 Å². The maximum absolute atomic E-state index is 11.9. The average Bonchev–Trinajstić information content (AvgIpc) is 2.40. The molecule has 0 aliphatic heterocycles. The molecule has 0 heterocycles. The summed E-state index contributed by atoms with van der Waals surface area (Å²) in [5.41, 5.74) is 1.06. The van der Waals surface area contributed by atoms with Crippen molar-refractivity contribution in [2.24, 2.45) is 35.0 Å². The quantitative estimate of drug-likeness (QED) is 0.570. The number of hydrogen-bond donors (Lipinski definition) is 0. The minimum atomic E-state index is -0.154. The van der Waals surface area contributed by atoms with E-state index in [9.17, 15) is 4.79 Å². The summed E-state index contributed by atoms with van der Waals surface area (Å²) in [4.78, 5) is 11.9. The molecule has 2 nitrogen and oxygen atoms in total. The van der Waals surface area contributed by atoms with Crippen molar-refractivity contribution in [3.8, 4) is 0 Å². The molecule has 20 heavy (non-hydrogen) atoms. The van der Waals surface area contributed by atoms with Crippen molar-refractivity contribution in [2.45, 2.75) is 52.9 Å². The SMILES string of the molecule is COC(=O)C(C)=CC1(C(C)C)C2CC3CC(C2)CC1C3. The molecule has 0 radical (unpaired) electrons. The molecule has 2 heteroatoms. The summed E-state index contributed by atoms with van der Waals surface area (Å²) in [5, 5.41) is 0. The maximum atomic E-state index is 11.9. The molecular weight excluding hydrogens is 248 g/mol. The van der Waals surface area contributed by atoms with E-state index >= 15 is 0 Å². The van der Waals surface area contributed by atoms with Gasteiger partial charge in [-0.25, -0.2) is 4.79 Å². The predicted molar refractivity (Wildman–Crippen MR) is 80.1 cm³/mol. The van der Waals surface area contributed by atoms with Gasteiger partial charge in [0.2, 0.25) is 0 Å². The molecule has 4 fully saturated rings. The van der Waals surface area contributed by atoms with E-state index in [-0.39, 0.29) is 11.4 Å². The molecule has 0 aromatic carbocycles. The second-order valence-electron chi connectivity index (χ2n) is 7.78. The summed E-state index contributed by atoms with van der Waals surface area (Å²) in [6, 6.07) is 0. The first-order chi connectivity index (χ1) is 9.47. The van der Waals surface area contributed by atoms with Gasteiger partial charge in [-0.1, -0.05) is 19.9 Å². The van der Waals surface area contributed by atoms with Gasteiger partial charge in [0.1, 0.15) is 0 Å². The average molecular weight is 276 g/mol. The zero-order chi connectivity index (χ0) is 14.5. The van der Waals surface area contributed by atoms with Crippen LogP contribution in [-0.2, 0) is 9.53 Å². The van der Waals surface area contributed by atoms with E-state index in [2.05, 4.69) is 19.9 Å². The zero-order valence-corrected chi connectivity index (χ0v) is 13.3. The van der Waals surface area contributed by atoms with Gasteiger partial charge >= 0.3 is 5.97 Å². The monoisotopic (exact) mass is 276 g/mol. The third kappa shape index (κ3) is 1.95. The number of carbonyl (C=O) groups excluding carboxylic acids is 1. The predicted octanol–water partition coefficient (Wildman–Crippen LogP) is 4.20. The maximum Gasteiger partial charge on any atom is 0.333 e. The van der Waals surface area contributed by atoms with Crippen LogP contribution in [0, 0.1) is 35.0 Å². The molecule has 4 aliphatic rings. The van der Waals surface area contributed by atoms with Gasteiger partial charge in [-0.15, -0.1) is 0 Å². The second kappa shape index (κ2) is 4.89. The number of ether oxygens (including phenoxy) is 1. The molecule has 0 N–H and O–H groups in total. The van der Waals surface area contributed by atoms with Crippen LogP contribution in [-0.4, -0.2) is 13.1 Å². The molecule has 0 spiro atoms. The van der Waals surface area contributed by atoms with E-state index < -0.39 is 0 Å². The molecule has 4 aliphatic carbocycles. The Balaban J connectivity index is 1.99. The van der Waals surface area contributed by atoms with Crippen LogP contribution in [0.4, 0.5) is 0 Å². The Morgan fingerprint density at radius 1 is 1.10 bits per heavy atom. The Bertz CT molecular complexity index is 405. The highest BCUT2D eigenvalue weighted by molar-refractivity contribution is 5.87. The summed E-state index contributed by atoms with van der Waals surface area (Å²) in [7, 11) is 1.48. The van der Waals surface area contributed by atoms with E-state index in [1.54, 1.807) is 0 Å². The van der Waals surface area contributed by atoms with Crippen LogP contribution in [0.2, 0.25) is 0 Å². The third-order valence-electron chi connectivity index (χ3n) is 6.53. The molecule has 0 aromatic rings. The van der Waals surface area contributed by atoms with Crippen molar-refractivity contribution < 1.29 is 9.53 Å². The van der Waals surface area contributed by atoms with E-state index in [1.165, 1.54) is 39.2 Å². The van der Waals surface area contributed by atoms with Crippen LogP contribution in [0.25, 0.3) is 0 Å². The number of hydrogen-bond acceptors (Lipinski definition) is 2. The molecule has 0 amide bonds. The van der Waals surface area contributed by atoms with E-state index in [0.29, 0.717) is 5.92 Å². The molecule has 0 aromatic heterocycles. The highest BCUT2D eigenvalue weighted by Gasteiger charge is 2.57. The Morgan fingerprint density at radius 3 is 2.00 bits per heavy atom. The Labute approximate surface area is 123 Å². The highest BCUT2D eigenvalue weighted by atomic mass is 16.5. The van der Waals surface area contributed by atoms with Gasteiger partial charge in [-0.3, -0.25) is 0 Å². The van der Waals surface area contributed by atoms with Crippen LogP contribution in [0.5, 0.6) is 0 Å². The number of carbonyl (C=O) groups is 1. The van der Waals surface area contributed by atoms with Gasteiger partial charge in [-0.2, -0.15) is 0 Å². The summed E-state index contributed by atoms with van der Waals surface area (Å²) < 4.78 is 4.92. The van der Waals surface area contributed by atoms with Gasteiger partial charge in [0, 0.05) is 5.57 Å². The number of rotatable bonds is 3. The lowest BCUT2D eigenvalue weighted by molar-refractivity contribution is -0.136. The number of esters is 1. The summed E-state index contributed by atoms with van der Waals surface area (Å²) in [6.45, 7) is 6.63. The lowest BCUT2D eigenvalue weighted by Gasteiger charge is -2.62. The Kier molecular flexibility index (Phi) is 3.46. The van der Waals surface area contributed by atoms with Crippen molar-refractivity contribution in [1.29, 1.82) is 0 Å². The lowest BCUT2D eigenvalue weighted by Crippen LogP contribution is -2.54. The molecule has 4 bridgehead atoms. The van der Waals surface area contributed by atoms with Gasteiger partial charge in [0.25, 0.3) is 0 Å². The third-order valence-corrected chi connectivity index (χ3v) is 6.53. The standard InChI is InChI=1S/C18H28O2/c1-11(2)18(10-12(3)17(19)20-4)15-6-13-5-14(8-15)9-16(18)7-13/h10-11,13-16H,5-9H2,1-4H3. The lowest BCUT2D eigenvalue weighted by atomic mass is 9.42. The van der Waals surface area contributed by atoms with Gasteiger partial charge < -0.3 is 4.74 Å². The van der Waals surface area contributed by atoms with Crippen molar-refractivity contribution >= 4 is 5.97 Å². The van der Waals surface area contributed by atoms with Crippen LogP contribution in [0.15, 0.2) is 11.6 Å². The zero-order valence-electron chi connectivity index (χ0n) is 13.3. The molecule has 0 saturated heterocycles. The Morgan fingerprint density at radius 2 is 1.60 bits per heavy atom. The van der Waals surface area contributed by atoms with E-state index in [0.717, 1.165) is 29.2 Å². The van der Waals surface area contributed by atoms with Crippen molar-refractivity contribution in [2.75, 3.05) is 7.11 Å². The van der Waals surface area contributed by atoms with Crippen molar-refractivity contribution in [3.63, 3.8) is 0 Å². The Hall–Kier alpha value is -0.790. The second-order valence-corrected chi connectivity index (χ2v) is 7.78. The highest BCUT2D eigenvalue weighted by Crippen LogP contribution is 2.65. The van der Waals surface area contributed by atoms with Crippen LogP contribution in [0.3, 0.4) is 0 Å². The van der Waals surface area contributed by atoms with Gasteiger partial charge in [-0.05, 0) is 74.0 Å². The van der Waals surface area contributed by atoms with E-state index in [1.807, 2.05) is 6.92 Å². The fourth-order valence-corrected chi connectivity index (χ4v) is 5.94. The number of methoxy groups -OCH3 is 1. The first kappa shape index (κ1) is 14.2. The van der Waals surface area contributed by atoms with Crippen LogP contribution in [0.1, 0.15) is 52.9 Å². The topological polar surface area (TPSA) is 26.3 Å². The molecular formula is C18H28O2. The molecule has 112 valence electrons. The first-order valence-electron chi connectivity index (χ1n) is 8.25. The molecule has 0 unspecified atom stereocenters. The summed E-state index contributed by atoms with van der Waals surface area (Å²) >= 11 is 0. The fraction of sp³-hybridized carbons (Fsp3) is 0.833. The smallest absolute Gasteiger partial charge is 0.333 e. The molecule has 0 atom stereocenters. The number of allylic oxidation sites excluding steroid dienone is 1.